The summed E-state index contributed by atoms with van der Waals surface area (Å²) in [6.45, 7) is 2.93. The summed E-state index contributed by atoms with van der Waals surface area (Å²) in [5.74, 6) is 1.60. The third-order valence-corrected chi connectivity index (χ3v) is 4.57. The van der Waals surface area contributed by atoms with Gasteiger partial charge in [-0.1, -0.05) is 12.5 Å². The van der Waals surface area contributed by atoms with Crippen LogP contribution in [0.2, 0.25) is 0 Å². The van der Waals surface area contributed by atoms with Crippen LogP contribution >= 0.6 is 0 Å². The van der Waals surface area contributed by atoms with E-state index in [9.17, 15) is 14.9 Å². The molecule has 0 radical (unpaired) electrons. The number of benzene rings is 1. The number of nitro groups is 1. The number of carbonyl (C=O) groups is 1. The zero-order valence-corrected chi connectivity index (χ0v) is 14.2. The smallest absolute Gasteiger partial charge is 0.273 e. The maximum Gasteiger partial charge on any atom is 0.273 e. The second-order valence-electron chi connectivity index (χ2n) is 6.21. The Bertz CT molecular complexity index is 800. The summed E-state index contributed by atoms with van der Waals surface area (Å²) in [4.78, 5) is 22.8. The fourth-order valence-electron chi connectivity index (χ4n) is 3.18. The molecule has 0 atom stereocenters. The van der Waals surface area contributed by atoms with Gasteiger partial charge < -0.3 is 9.88 Å². The van der Waals surface area contributed by atoms with Crippen LogP contribution in [-0.2, 0) is 19.4 Å². The van der Waals surface area contributed by atoms with Gasteiger partial charge in [0.15, 0.2) is 0 Å². The molecule has 3 rings (SSSR count). The normalized spacial score (nSPS) is 13.8. The number of aromatic nitrogens is 3. The molecular weight excluding hydrogens is 322 g/mol. The van der Waals surface area contributed by atoms with Crippen LogP contribution in [0.25, 0.3) is 0 Å². The van der Waals surface area contributed by atoms with Gasteiger partial charge in [0.25, 0.3) is 11.6 Å². The van der Waals surface area contributed by atoms with Crippen molar-refractivity contribution in [1.82, 2.24) is 20.1 Å². The third kappa shape index (κ3) is 3.67. The second kappa shape index (κ2) is 7.42. The van der Waals surface area contributed by atoms with Crippen molar-refractivity contribution in [3.63, 3.8) is 0 Å². The van der Waals surface area contributed by atoms with Gasteiger partial charge in [-0.15, -0.1) is 10.2 Å². The predicted octanol–water partition coefficient (Wildman–Crippen LogP) is 2.19. The minimum Gasteiger partial charge on any atom is -0.352 e. The lowest BCUT2D eigenvalue weighted by Gasteiger charge is -2.09. The van der Waals surface area contributed by atoms with E-state index in [1.54, 1.807) is 13.0 Å². The number of hydrogen-bond acceptors (Lipinski definition) is 5. The summed E-state index contributed by atoms with van der Waals surface area (Å²) in [5.41, 5.74) is 0.658. The van der Waals surface area contributed by atoms with Crippen molar-refractivity contribution in [2.45, 2.75) is 45.6 Å². The van der Waals surface area contributed by atoms with Crippen LogP contribution in [0.4, 0.5) is 5.69 Å². The van der Waals surface area contributed by atoms with E-state index >= 15 is 0 Å². The van der Waals surface area contributed by atoms with Gasteiger partial charge in [0.1, 0.15) is 11.6 Å². The van der Waals surface area contributed by atoms with Crippen LogP contribution in [0.1, 0.15) is 46.8 Å². The Kier molecular flexibility index (Phi) is 5.06. The average molecular weight is 343 g/mol. The van der Waals surface area contributed by atoms with Gasteiger partial charge in [-0.3, -0.25) is 14.9 Å². The van der Waals surface area contributed by atoms with Gasteiger partial charge in [-0.25, -0.2) is 0 Å². The standard InChI is InChI=1S/C17H21N5O3/c1-12-13(6-5-7-14(12)22(24)25)17(23)18-10-9-16-20-19-15-8-3-2-4-11-21(15)16/h5-7H,2-4,8-11H2,1H3,(H,18,23). The number of nitrogens with zero attached hydrogens (tertiary/aromatic N) is 4. The number of nitrogens with one attached hydrogen (secondary N) is 1. The minimum atomic E-state index is -0.475. The maximum atomic E-state index is 12.3. The molecule has 8 heteroatoms. The van der Waals surface area contributed by atoms with Gasteiger partial charge in [0, 0.05) is 43.1 Å². The zero-order valence-electron chi connectivity index (χ0n) is 14.2. The summed E-state index contributed by atoms with van der Waals surface area (Å²) in [5, 5.41) is 22.3. The molecule has 0 spiro atoms. The zero-order chi connectivity index (χ0) is 17.8. The van der Waals surface area contributed by atoms with Crippen LogP contribution < -0.4 is 5.32 Å². The number of aryl methyl sites for hydroxylation is 1. The molecule has 0 saturated heterocycles. The molecule has 0 aliphatic carbocycles. The Morgan fingerprint density at radius 1 is 1.32 bits per heavy atom. The SMILES string of the molecule is Cc1c(C(=O)NCCc2nnc3n2CCCCC3)cccc1[N+](=O)[O-]. The molecule has 132 valence electrons. The van der Waals surface area contributed by atoms with Gasteiger partial charge in [0.05, 0.1) is 4.92 Å². The van der Waals surface area contributed by atoms with Crippen LogP contribution in [-0.4, -0.2) is 32.1 Å². The minimum absolute atomic E-state index is 0.0459. The summed E-state index contributed by atoms with van der Waals surface area (Å²) < 4.78 is 2.15. The monoisotopic (exact) mass is 343 g/mol. The molecule has 25 heavy (non-hydrogen) atoms. The highest BCUT2D eigenvalue weighted by atomic mass is 16.6. The summed E-state index contributed by atoms with van der Waals surface area (Å²) in [7, 11) is 0. The van der Waals surface area contributed by atoms with E-state index in [0.717, 1.165) is 37.5 Å². The maximum absolute atomic E-state index is 12.3. The molecule has 0 bridgehead atoms. The lowest BCUT2D eigenvalue weighted by Crippen LogP contribution is -2.27. The quantitative estimate of drug-likeness (QED) is 0.662. The molecule has 8 nitrogen and oxygen atoms in total. The average Bonchev–Trinajstić information content (AvgIpc) is 2.82. The lowest BCUT2D eigenvalue weighted by atomic mass is 10.1. The van der Waals surface area contributed by atoms with E-state index in [2.05, 4.69) is 20.1 Å². The molecule has 1 amide bonds. The Balaban J connectivity index is 1.63. The summed E-state index contributed by atoms with van der Waals surface area (Å²) in [6, 6.07) is 4.52. The fourth-order valence-corrected chi connectivity index (χ4v) is 3.18. The van der Waals surface area contributed by atoms with E-state index < -0.39 is 4.92 Å². The first-order valence-electron chi connectivity index (χ1n) is 8.51. The molecule has 1 N–H and O–H groups in total. The van der Waals surface area contributed by atoms with Crippen molar-refractivity contribution in [3.8, 4) is 0 Å². The lowest BCUT2D eigenvalue weighted by molar-refractivity contribution is -0.385. The Morgan fingerprint density at radius 3 is 2.96 bits per heavy atom. The van der Waals surface area contributed by atoms with E-state index in [4.69, 9.17) is 0 Å². The first-order chi connectivity index (χ1) is 12.1. The van der Waals surface area contributed by atoms with Crippen molar-refractivity contribution in [1.29, 1.82) is 0 Å². The fraction of sp³-hybridized carbons (Fsp3) is 0.471. The Labute approximate surface area is 145 Å². The topological polar surface area (TPSA) is 103 Å². The van der Waals surface area contributed by atoms with E-state index in [1.165, 1.54) is 18.6 Å². The van der Waals surface area contributed by atoms with Crippen molar-refractivity contribution >= 4 is 11.6 Å². The Hall–Kier alpha value is -2.77. The van der Waals surface area contributed by atoms with Crippen LogP contribution in [0.3, 0.4) is 0 Å². The van der Waals surface area contributed by atoms with Crippen LogP contribution in [0.5, 0.6) is 0 Å². The molecule has 0 unspecified atom stereocenters. The Morgan fingerprint density at radius 2 is 2.16 bits per heavy atom. The molecule has 1 aromatic carbocycles. The molecule has 1 aromatic heterocycles. The molecular formula is C17H21N5O3. The number of amides is 1. The highest BCUT2D eigenvalue weighted by molar-refractivity contribution is 5.96. The summed E-state index contributed by atoms with van der Waals surface area (Å²) in [6.07, 6.45) is 5.00. The first kappa shape index (κ1) is 17.1. The molecule has 0 fully saturated rings. The van der Waals surface area contributed by atoms with E-state index in [0.29, 0.717) is 24.1 Å². The summed E-state index contributed by atoms with van der Waals surface area (Å²) >= 11 is 0. The molecule has 2 aromatic rings. The number of rotatable bonds is 5. The van der Waals surface area contributed by atoms with Gasteiger partial charge in [-0.2, -0.15) is 0 Å². The first-order valence-corrected chi connectivity index (χ1v) is 8.51. The molecule has 1 aliphatic heterocycles. The van der Waals surface area contributed by atoms with Crippen molar-refractivity contribution in [2.75, 3.05) is 6.54 Å². The van der Waals surface area contributed by atoms with Crippen molar-refractivity contribution < 1.29 is 9.72 Å². The molecule has 0 saturated carbocycles. The van der Waals surface area contributed by atoms with E-state index in [-0.39, 0.29) is 11.6 Å². The number of carbonyl (C=O) groups excluding carboxylic acids is 1. The largest absolute Gasteiger partial charge is 0.352 e. The van der Waals surface area contributed by atoms with Gasteiger partial charge in [-0.05, 0) is 25.8 Å². The van der Waals surface area contributed by atoms with Gasteiger partial charge in [0.2, 0.25) is 0 Å². The van der Waals surface area contributed by atoms with Crippen LogP contribution in [0.15, 0.2) is 18.2 Å². The van der Waals surface area contributed by atoms with Gasteiger partial charge >= 0.3 is 0 Å². The van der Waals surface area contributed by atoms with Crippen LogP contribution in [0, 0.1) is 17.0 Å². The van der Waals surface area contributed by atoms with Crippen molar-refractivity contribution in [3.05, 3.63) is 51.1 Å². The second-order valence-corrected chi connectivity index (χ2v) is 6.21. The third-order valence-electron chi connectivity index (χ3n) is 4.57. The highest BCUT2D eigenvalue weighted by Gasteiger charge is 2.18. The number of nitro benzene ring substituents is 1. The molecule has 2 heterocycles. The number of fused-ring (bicyclic) bond motifs is 1. The molecule has 1 aliphatic rings. The van der Waals surface area contributed by atoms with Crippen molar-refractivity contribution in [2.24, 2.45) is 0 Å². The number of hydrogen-bond donors (Lipinski definition) is 1. The highest BCUT2D eigenvalue weighted by Crippen LogP contribution is 2.21. The van der Waals surface area contributed by atoms with E-state index in [1.807, 2.05) is 0 Å². The predicted molar refractivity (Wildman–Crippen MR) is 91.4 cm³/mol.